The Morgan fingerprint density at radius 3 is 2.67 bits per heavy atom. The van der Waals surface area contributed by atoms with Crippen molar-refractivity contribution in [3.63, 3.8) is 0 Å². The summed E-state index contributed by atoms with van der Waals surface area (Å²) >= 11 is 1.35. The third-order valence-electron chi connectivity index (χ3n) is 5.70. The van der Waals surface area contributed by atoms with Crippen molar-refractivity contribution in [2.24, 2.45) is 0 Å². The predicted octanol–water partition coefficient (Wildman–Crippen LogP) is 4.23. The van der Waals surface area contributed by atoms with Crippen LogP contribution < -0.4 is 4.90 Å². The average Bonchev–Trinajstić information content (AvgIpc) is 3.43. The molecule has 1 aliphatic rings. The third kappa shape index (κ3) is 3.89. The summed E-state index contributed by atoms with van der Waals surface area (Å²) in [5.41, 5.74) is 3.78. The van der Waals surface area contributed by atoms with Crippen LogP contribution in [-0.2, 0) is 11.2 Å². The average molecular weight is 462 g/mol. The first-order chi connectivity index (χ1) is 15.9. The lowest BCUT2D eigenvalue weighted by molar-refractivity contribution is -0.116. The maximum absolute atomic E-state index is 13.3. The van der Waals surface area contributed by atoms with Crippen LogP contribution in [0.2, 0.25) is 0 Å². The minimum atomic E-state index is -0.388. The molecule has 0 bridgehead atoms. The molecule has 9 heteroatoms. The van der Waals surface area contributed by atoms with E-state index >= 15 is 0 Å². The van der Waals surface area contributed by atoms with Gasteiger partial charge in [-0.05, 0) is 61.4 Å². The Kier molecular flexibility index (Phi) is 5.41. The topological polar surface area (TPSA) is 81.0 Å². The van der Waals surface area contributed by atoms with Gasteiger partial charge in [-0.15, -0.1) is 0 Å². The number of aromatic nitrogens is 4. The zero-order chi connectivity index (χ0) is 23.1. The van der Waals surface area contributed by atoms with Gasteiger partial charge in [-0.25, -0.2) is 19.0 Å². The maximum atomic E-state index is 13.3. The van der Waals surface area contributed by atoms with Crippen molar-refractivity contribution in [2.45, 2.75) is 30.5 Å². The van der Waals surface area contributed by atoms with Crippen molar-refractivity contribution in [3.8, 4) is 5.69 Å². The van der Waals surface area contributed by atoms with Crippen LogP contribution in [0.5, 0.6) is 0 Å². The molecule has 0 fully saturated rings. The highest BCUT2D eigenvalue weighted by Gasteiger charge is 2.25. The fraction of sp³-hybridized carbons (Fsp3) is 0.208. The molecule has 0 aliphatic carbocycles. The van der Waals surface area contributed by atoms with Gasteiger partial charge in [-0.2, -0.15) is 5.10 Å². The fourth-order valence-electron chi connectivity index (χ4n) is 4.03. The third-order valence-corrected chi connectivity index (χ3v) is 6.81. The second-order valence-electron chi connectivity index (χ2n) is 7.84. The van der Waals surface area contributed by atoms with E-state index in [1.807, 2.05) is 19.1 Å². The van der Waals surface area contributed by atoms with Crippen molar-refractivity contribution in [1.82, 2.24) is 19.7 Å². The summed E-state index contributed by atoms with van der Waals surface area (Å²) in [5, 5.41) is 5.37. The van der Waals surface area contributed by atoms with E-state index in [1.165, 1.54) is 30.2 Å². The van der Waals surface area contributed by atoms with E-state index in [9.17, 15) is 14.0 Å². The number of carbonyl (C=O) groups excluding carboxylic acids is 2. The van der Waals surface area contributed by atoms with E-state index in [0.717, 1.165) is 23.1 Å². The van der Waals surface area contributed by atoms with Gasteiger partial charge in [0.15, 0.2) is 11.4 Å². The molecule has 2 aromatic heterocycles. The first-order valence-corrected chi connectivity index (χ1v) is 11.4. The van der Waals surface area contributed by atoms with Gasteiger partial charge in [0.05, 0.1) is 22.5 Å². The van der Waals surface area contributed by atoms with Crippen LogP contribution in [-0.4, -0.2) is 43.2 Å². The maximum Gasteiger partial charge on any atom is 0.223 e. The number of ketones is 1. The van der Waals surface area contributed by atoms with Gasteiger partial charge in [0.2, 0.25) is 5.91 Å². The standard InChI is InChI=1S/C24H20FN5O2S/c1-14(22(32)17-3-8-21-16(11-17)9-10-29(21)15(2)31)33-24-20-12-28-30(23(20)26-13-27-24)19-6-4-18(25)5-7-19/h3-8,11-14H,9-10H2,1-2H3. The van der Waals surface area contributed by atoms with Crippen LogP contribution in [0, 0.1) is 5.82 Å². The molecule has 0 saturated carbocycles. The fourth-order valence-corrected chi connectivity index (χ4v) is 4.98. The van der Waals surface area contributed by atoms with Gasteiger partial charge < -0.3 is 4.90 Å². The smallest absolute Gasteiger partial charge is 0.223 e. The molecule has 5 rings (SSSR count). The summed E-state index contributed by atoms with van der Waals surface area (Å²) in [7, 11) is 0. The molecular formula is C24H20FN5O2S. The molecular weight excluding hydrogens is 441 g/mol. The Balaban J connectivity index is 1.39. The number of nitrogens with zero attached hydrogens (tertiary/aromatic N) is 5. The van der Waals surface area contributed by atoms with E-state index in [-0.39, 0.29) is 22.8 Å². The Bertz CT molecular complexity index is 1390. The Labute approximate surface area is 193 Å². The van der Waals surface area contributed by atoms with Crippen LogP contribution in [0.25, 0.3) is 16.7 Å². The summed E-state index contributed by atoms with van der Waals surface area (Å²) in [4.78, 5) is 35.4. The largest absolute Gasteiger partial charge is 0.312 e. The van der Waals surface area contributed by atoms with Gasteiger partial charge >= 0.3 is 0 Å². The zero-order valence-corrected chi connectivity index (χ0v) is 18.8. The highest BCUT2D eigenvalue weighted by Crippen LogP contribution is 2.33. The molecule has 1 atom stereocenters. The number of hydrogen-bond donors (Lipinski definition) is 0. The minimum Gasteiger partial charge on any atom is -0.312 e. The lowest BCUT2D eigenvalue weighted by Gasteiger charge is -2.15. The summed E-state index contributed by atoms with van der Waals surface area (Å²) in [6.45, 7) is 4.04. The number of halogens is 1. The van der Waals surface area contributed by atoms with Gasteiger partial charge in [0.1, 0.15) is 17.2 Å². The molecule has 0 saturated heterocycles. The SMILES string of the molecule is CC(=O)N1CCc2cc(C(=O)C(C)Sc3ncnc4c3cnn4-c3ccc(F)cc3)ccc21. The summed E-state index contributed by atoms with van der Waals surface area (Å²) in [6, 6.07) is 11.5. The number of fused-ring (bicyclic) bond motifs is 2. The molecule has 0 radical (unpaired) electrons. The highest BCUT2D eigenvalue weighted by atomic mass is 32.2. The van der Waals surface area contributed by atoms with Gasteiger partial charge in [0, 0.05) is 24.7 Å². The van der Waals surface area contributed by atoms with Crippen molar-refractivity contribution < 1.29 is 14.0 Å². The molecule has 7 nitrogen and oxygen atoms in total. The van der Waals surface area contributed by atoms with Crippen LogP contribution in [0.1, 0.15) is 29.8 Å². The van der Waals surface area contributed by atoms with Crippen LogP contribution in [0.3, 0.4) is 0 Å². The molecule has 0 spiro atoms. The number of benzene rings is 2. The van der Waals surface area contributed by atoms with Gasteiger partial charge in [0.25, 0.3) is 0 Å². The predicted molar refractivity (Wildman–Crippen MR) is 124 cm³/mol. The number of rotatable bonds is 5. The second-order valence-corrected chi connectivity index (χ2v) is 9.17. The first-order valence-electron chi connectivity index (χ1n) is 10.5. The number of carbonyl (C=O) groups is 2. The number of thioether (sulfide) groups is 1. The second kappa shape index (κ2) is 8.40. The molecule has 1 aliphatic heterocycles. The minimum absolute atomic E-state index is 0.00529. The number of Topliss-reactive ketones (excluding diaryl/α,β-unsaturated/α-hetero) is 1. The summed E-state index contributed by atoms with van der Waals surface area (Å²) in [5.74, 6) is -0.332. The number of hydrogen-bond acceptors (Lipinski definition) is 6. The van der Waals surface area contributed by atoms with Gasteiger partial charge in [-0.1, -0.05) is 11.8 Å². The first kappa shape index (κ1) is 21.3. The molecule has 166 valence electrons. The zero-order valence-electron chi connectivity index (χ0n) is 18.0. The molecule has 1 amide bonds. The van der Waals surface area contributed by atoms with Crippen LogP contribution >= 0.6 is 11.8 Å². The molecule has 3 heterocycles. The summed E-state index contributed by atoms with van der Waals surface area (Å²) in [6.07, 6.45) is 3.84. The molecule has 0 N–H and O–H groups in total. The van der Waals surface area contributed by atoms with E-state index in [4.69, 9.17) is 0 Å². The quantitative estimate of drug-likeness (QED) is 0.251. The molecule has 4 aromatic rings. The normalized spacial score (nSPS) is 13.8. The Hall–Kier alpha value is -3.59. The van der Waals surface area contributed by atoms with E-state index in [2.05, 4.69) is 15.1 Å². The van der Waals surface area contributed by atoms with E-state index in [0.29, 0.717) is 28.5 Å². The molecule has 33 heavy (non-hydrogen) atoms. The summed E-state index contributed by atoms with van der Waals surface area (Å²) < 4.78 is 14.9. The van der Waals surface area contributed by atoms with Crippen molar-refractivity contribution in [1.29, 1.82) is 0 Å². The van der Waals surface area contributed by atoms with Crippen molar-refractivity contribution in [2.75, 3.05) is 11.4 Å². The highest BCUT2D eigenvalue weighted by molar-refractivity contribution is 8.00. The van der Waals surface area contributed by atoms with Crippen molar-refractivity contribution >= 4 is 40.2 Å². The Morgan fingerprint density at radius 2 is 1.91 bits per heavy atom. The van der Waals surface area contributed by atoms with E-state index in [1.54, 1.807) is 40.9 Å². The lowest BCUT2D eigenvalue weighted by atomic mass is 10.0. The molecule has 2 aromatic carbocycles. The molecule has 1 unspecified atom stereocenters. The Morgan fingerprint density at radius 1 is 1.12 bits per heavy atom. The number of amides is 1. The lowest BCUT2D eigenvalue weighted by Crippen LogP contribution is -2.25. The van der Waals surface area contributed by atoms with Gasteiger partial charge in [-0.3, -0.25) is 9.59 Å². The van der Waals surface area contributed by atoms with Crippen LogP contribution in [0.4, 0.5) is 10.1 Å². The van der Waals surface area contributed by atoms with Crippen LogP contribution in [0.15, 0.2) is 60.0 Å². The number of anilines is 1. The van der Waals surface area contributed by atoms with E-state index < -0.39 is 0 Å². The monoisotopic (exact) mass is 461 g/mol. The van der Waals surface area contributed by atoms with Crippen molar-refractivity contribution in [3.05, 3.63) is 71.9 Å².